The molecule has 0 aromatic heterocycles. The molecule has 0 N–H and O–H groups in total. The molecule has 0 spiro atoms. The highest BCUT2D eigenvalue weighted by Gasteiger charge is 2.53. The van der Waals surface area contributed by atoms with Crippen molar-refractivity contribution >= 4 is 13.2 Å². The van der Waals surface area contributed by atoms with Crippen molar-refractivity contribution in [2.75, 3.05) is 7.11 Å². The van der Waals surface area contributed by atoms with Gasteiger partial charge in [0.2, 0.25) is 0 Å². The molecule has 6 heteroatoms. The zero-order valence-corrected chi connectivity index (χ0v) is 15.5. The Balaban J connectivity index is 2.22. The number of halogens is 1. The molecule has 1 fully saturated rings. The summed E-state index contributed by atoms with van der Waals surface area (Å²) in [5.74, 6) is 1.18. The van der Waals surface area contributed by atoms with Crippen molar-refractivity contribution in [3.05, 3.63) is 29.5 Å². The van der Waals surface area contributed by atoms with Crippen molar-refractivity contribution in [3.63, 3.8) is 0 Å². The van der Waals surface area contributed by atoms with Gasteiger partial charge < -0.3 is 18.8 Å². The molecule has 1 aliphatic rings. The quantitative estimate of drug-likeness (QED) is 0.746. The average Bonchev–Trinajstić information content (AvgIpc) is 2.68. The minimum atomic E-state index is -1.01. The van der Waals surface area contributed by atoms with E-state index in [1.54, 1.807) is 25.3 Å². The van der Waals surface area contributed by atoms with E-state index in [1.165, 1.54) is 6.08 Å². The Morgan fingerprint density at radius 3 is 2.21 bits per heavy atom. The molecule has 4 nitrogen and oxygen atoms in total. The van der Waals surface area contributed by atoms with Gasteiger partial charge in [-0.25, -0.2) is 4.39 Å². The van der Waals surface area contributed by atoms with Crippen LogP contribution in [-0.4, -0.2) is 31.5 Å². The highest BCUT2D eigenvalue weighted by Crippen LogP contribution is 2.39. The topological polar surface area (TPSA) is 36.9 Å². The summed E-state index contributed by atoms with van der Waals surface area (Å²) in [6, 6.07) is 5.26. The van der Waals surface area contributed by atoms with Gasteiger partial charge >= 0.3 is 7.12 Å². The molecule has 0 aliphatic carbocycles. The normalized spacial score (nSPS) is 19.7. The van der Waals surface area contributed by atoms with E-state index in [0.29, 0.717) is 17.1 Å². The molecule has 1 aromatic carbocycles. The Morgan fingerprint density at radius 2 is 1.71 bits per heavy atom. The molecular weight excluding hydrogens is 310 g/mol. The Bertz CT molecular complexity index is 609. The zero-order valence-electron chi connectivity index (χ0n) is 15.5. The van der Waals surface area contributed by atoms with Crippen LogP contribution in [0.25, 0.3) is 6.08 Å². The third-order valence-corrected chi connectivity index (χ3v) is 4.33. The third-order valence-electron chi connectivity index (χ3n) is 4.33. The summed E-state index contributed by atoms with van der Waals surface area (Å²) in [6.07, 6.45) is 1.42. The first-order valence-corrected chi connectivity index (χ1v) is 8.13. The SMILES string of the molecule is COc1cc(C=C(F)B2OC(C)(C)C(C)(C)O2)ccc1OC(C)C. The van der Waals surface area contributed by atoms with E-state index in [0.717, 1.165) is 0 Å². The maximum atomic E-state index is 14.6. The third kappa shape index (κ3) is 3.93. The first-order chi connectivity index (χ1) is 11.1. The van der Waals surface area contributed by atoms with E-state index < -0.39 is 24.0 Å². The van der Waals surface area contributed by atoms with Crippen molar-refractivity contribution in [3.8, 4) is 11.5 Å². The fourth-order valence-corrected chi connectivity index (χ4v) is 2.31. The molecule has 1 aromatic rings. The fraction of sp³-hybridized carbons (Fsp3) is 0.556. The van der Waals surface area contributed by atoms with Crippen LogP contribution in [0.5, 0.6) is 11.5 Å². The molecule has 0 bridgehead atoms. The summed E-state index contributed by atoms with van der Waals surface area (Å²) in [7, 11) is 0.549. The highest BCUT2D eigenvalue weighted by molar-refractivity contribution is 6.54. The van der Waals surface area contributed by atoms with Crippen LogP contribution in [-0.2, 0) is 9.31 Å². The first-order valence-electron chi connectivity index (χ1n) is 8.13. The molecule has 0 unspecified atom stereocenters. The molecule has 1 saturated heterocycles. The molecule has 24 heavy (non-hydrogen) atoms. The number of ether oxygens (including phenoxy) is 2. The minimum absolute atomic E-state index is 0.0294. The summed E-state index contributed by atoms with van der Waals surface area (Å²) in [5.41, 5.74) is -0.978. The maximum absolute atomic E-state index is 14.6. The van der Waals surface area contributed by atoms with Crippen LogP contribution in [0.15, 0.2) is 23.9 Å². The van der Waals surface area contributed by atoms with Gasteiger partial charge in [0.15, 0.2) is 11.5 Å². The molecule has 1 heterocycles. The second-order valence-electron chi connectivity index (χ2n) is 7.19. The van der Waals surface area contributed by atoms with Crippen molar-refractivity contribution in [2.45, 2.75) is 58.8 Å². The van der Waals surface area contributed by atoms with Gasteiger partial charge in [-0.05, 0) is 65.3 Å². The molecule has 0 atom stereocenters. The summed E-state index contributed by atoms with van der Waals surface area (Å²) < 4.78 is 37.0. The largest absolute Gasteiger partial charge is 0.525 e. The summed E-state index contributed by atoms with van der Waals surface area (Å²) in [6.45, 7) is 11.4. The van der Waals surface area contributed by atoms with Crippen molar-refractivity contribution in [2.24, 2.45) is 0 Å². The predicted molar refractivity (Wildman–Crippen MR) is 93.9 cm³/mol. The minimum Gasteiger partial charge on any atom is -0.493 e. The van der Waals surface area contributed by atoms with Crippen LogP contribution in [0.4, 0.5) is 4.39 Å². The van der Waals surface area contributed by atoms with E-state index in [2.05, 4.69) is 0 Å². The lowest BCUT2D eigenvalue weighted by atomic mass is 9.87. The summed E-state index contributed by atoms with van der Waals surface area (Å²) >= 11 is 0. The Morgan fingerprint density at radius 1 is 1.12 bits per heavy atom. The van der Waals surface area contributed by atoms with Gasteiger partial charge in [0.05, 0.1) is 24.4 Å². The van der Waals surface area contributed by atoms with Gasteiger partial charge in [-0.1, -0.05) is 6.07 Å². The molecule has 2 rings (SSSR count). The monoisotopic (exact) mass is 336 g/mol. The van der Waals surface area contributed by atoms with E-state index >= 15 is 0 Å². The van der Waals surface area contributed by atoms with E-state index in [9.17, 15) is 4.39 Å². The van der Waals surface area contributed by atoms with Gasteiger partial charge in [0, 0.05) is 0 Å². The molecule has 0 saturated carbocycles. The fourth-order valence-electron chi connectivity index (χ4n) is 2.31. The van der Waals surface area contributed by atoms with Crippen LogP contribution in [0, 0.1) is 0 Å². The van der Waals surface area contributed by atoms with E-state index in [4.69, 9.17) is 18.8 Å². The lowest BCUT2D eigenvalue weighted by molar-refractivity contribution is 0.00578. The van der Waals surface area contributed by atoms with Gasteiger partial charge in [-0.2, -0.15) is 0 Å². The van der Waals surface area contributed by atoms with Crippen LogP contribution in [0.3, 0.4) is 0 Å². The number of hydrogen-bond donors (Lipinski definition) is 0. The number of methoxy groups -OCH3 is 1. The standard InChI is InChI=1S/C18H26BFO4/c1-12(2)22-14-9-8-13(10-15(14)21-7)11-16(20)19-23-17(3,4)18(5,6)24-19/h8-12H,1-7H3. The smallest absolute Gasteiger partial charge is 0.493 e. The van der Waals surface area contributed by atoms with Crippen LogP contribution < -0.4 is 9.47 Å². The second-order valence-corrected chi connectivity index (χ2v) is 7.19. The maximum Gasteiger partial charge on any atom is 0.525 e. The Hall–Kier alpha value is -1.53. The molecule has 132 valence electrons. The first kappa shape index (κ1) is 18.8. The Kier molecular flexibility index (Phi) is 5.30. The van der Waals surface area contributed by atoms with Crippen molar-refractivity contribution in [1.29, 1.82) is 0 Å². The van der Waals surface area contributed by atoms with Gasteiger partial charge in [-0.3, -0.25) is 0 Å². The van der Waals surface area contributed by atoms with Crippen LogP contribution in [0.1, 0.15) is 47.1 Å². The second kappa shape index (κ2) is 6.77. The average molecular weight is 336 g/mol. The van der Waals surface area contributed by atoms with Gasteiger partial charge in [0.1, 0.15) is 5.73 Å². The lowest BCUT2D eigenvalue weighted by Gasteiger charge is -2.32. The van der Waals surface area contributed by atoms with Gasteiger partial charge in [-0.15, -0.1) is 0 Å². The number of benzene rings is 1. The van der Waals surface area contributed by atoms with Crippen LogP contribution in [0.2, 0.25) is 0 Å². The number of hydrogen-bond acceptors (Lipinski definition) is 4. The van der Waals surface area contributed by atoms with Crippen molar-refractivity contribution in [1.82, 2.24) is 0 Å². The zero-order chi connectivity index (χ0) is 18.1. The number of rotatable bonds is 5. The van der Waals surface area contributed by atoms with E-state index in [1.807, 2.05) is 41.5 Å². The molecule has 0 amide bonds. The summed E-state index contributed by atoms with van der Waals surface area (Å²) in [4.78, 5) is 0. The predicted octanol–water partition coefficient (Wildman–Crippen LogP) is 4.42. The molecule has 1 aliphatic heterocycles. The van der Waals surface area contributed by atoms with Crippen LogP contribution >= 0.6 is 0 Å². The van der Waals surface area contributed by atoms with Gasteiger partial charge in [0.25, 0.3) is 0 Å². The lowest BCUT2D eigenvalue weighted by Crippen LogP contribution is -2.41. The van der Waals surface area contributed by atoms with E-state index in [-0.39, 0.29) is 6.10 Å². The summed E-state index contributed by atoms with van der Waals surface area (Å²) in [5, 5.41) is 0. The van der Waals surface area contributed by atoms with Crippen molar-refractivity contribution < 1.29 is 23.2 Å². The molecule has 0 radical (unpaired) electrons. The highest BCUT2D eigenvalue weighted by atomic mass is 19.1. The molecular formula is C18H26BFO4. The Labute approximate surface area is 144 Å².